The molecule has 1 aliphatic heterocycles. The summed E-state index contributed by atoms with van der Waals surface area (Å²) in [5, 5.41) is 18.6. The van der Waals surface area contributed by atoms with Gasteiger partial charge in [-0.15, -0.1) is 0 Å². The molecule has 0 aromatic rings. The van der Waals surface area contributed by atoms with Crippen molar-refractivity contribution in [2.24, 2.45) is 0 Å². The van der Waals surface area contributed by atoms with Gasteiger partial charge in [0.1, 0.15) is 0 Å². The third kappa shape index (κ3) is 2.43. The van der Waals surface area contributed by atoms with Crippen molar-refractivity contribution in [2.45, 2.75) is 38.5 Å². The number of likely N-dealkylation sites (tertiary alicyclic amines) is 1. The number of rotatable bonds is 1. The second kappa shape index (κ2) is 3.52. The maximum Gasteiger partial charge on any atom is 0.0692 e. The Morgan fingerprint density at radius 3 is 2.00 bits per heavy atom. The van der Waals surface area contributed by atoms with Gasteiger partial charge in [0.25, 0.3) is 0 Å². The minimum Gasteiger partial charge on any atom is -0.392 e. The van der Waals surface area contributed by atoms with Crippen molar-refractivity contribution >= 4 is 0 Å². The molecule has 3 nitrogen and oxygen atoms in total. The number of hydrogen-bond acceptors (Lipinski definition) is 3. The molecule has 66 valence electrons. The molecular formula is C8H17NO2. The molecule has 1 rings (SSSR count). The van der Waals surface area contributed by atoms with Gasteiger partial charge in [0.2, 0.25) is 0 Å². The lowest BCUT2D eigenvalue weighted by Gasteiger charge is -2.35. The fourth-order valence-corrected chi connectivity index (χ4v) is 1.50. The van der Waals surface area contributed by atoms with Crippen LogP contribution in [0.5, 0.6) is 0 Å². The Morgan fingerprint density at radius 1 is 1.18 bits per heavy atom. The van der Waals surface area contributed by atoms with Crippen LogP contribution in [-0.4, -0.2) is 46.5 Å². The van der Waals surface area contributed by atoms with E-state index in [-0.39, 0.29) is 12.2 Å². The number of nitrogens with zero attached hydrogens (tertiary/aromatic N) is 1. The van der Waals surface area contributed by atoms with Gasteiger partial charge < -0.3 is 10.2 Å². The number of piperidine rings is 1. The molecule has 0 bridgehead atoms. The zero-order valence-electron chi connectivity index (χ0n) is 7.20. The molecule has 1 heterocycles. The molecule has 0 saturated carbocycles. The van der Waals surface area contributed by atoms with Crippen LogP contribution in [0.2, 0.25) is 0 Å². The third-order valence-corrected chi connectivity index (χ3v) is 2.16. The minimum atomic E-state index is -0.346. The van der Waals surface area contributed by atoms with Crippen molar-refractivity contribution in [2.75, 3.05) is 13.1 Å². The van der Waals surface area contributed by atoms with E-state index in [2.05, 4.69) is 18.7 Å². The standard InChI is InChI=1S/C8H17NO2/c1-6(2)9-4-7(10)3-8(11)5-9/h6-8,10-11H,3-5H2,1-2H3. The maximum absolute atomic E-state index is 9.30. The monoisotopic (exact) mass is 159 g/mol. The highest BCUT2D eigenvalue weighted by atomic mass is 16.3. The first-order valence-corrected chi connectivity index (χ1v) is 4.19. The summed E-state index contributed by atoms with van der Waals surface area (Å²) >= 11 is 0. The maximum atomic E-state index is 9.30. The van der Waals surface area contributed by atoms with E-state index in [4.69, 9.17) is 0 Å². The normalized spacial score (nSPS) is 34.6. The third-order valence-electron chi connectivity index (χ3n) is 2.16. The van der Waals surface area contributed by atoms with E-state index in [9.17, 15) is 10.2 Å². The molecule has 0 amide bonds. The van der Waals surface area contributed by atoms with Crippen molar-refractivity contribution in [1.82, 2.24) is 4.90 Å². The Morgan fingerprint density at radius 2 is 1.64 bits per heavy atom. The summed E-state index contributed by atoms with van der Waals surface area (Å²) in [6, 6.07) is 0.416. The summed E-state index contributed by atoms with van der Waals surface area (Å²) in [6.45, 7) is 5.55. The predicted octanol–water partition coefficient (Wildman–Crippen LogP) is -0.178. The van der Waals surface area contributed by atoms with Crippen molar-refractivity contribution in [3.63, 3.8) is 0 Å². The topological polar surface area (TPSA) is 43.7 Å². The van der Waals surface area contributed by atoms with Crippen LogP contribution in [0.25, 0.3) is 0 Å². The van der Waals surface area contributed by atoms with Crippen LogP contribution in [-0.2, 0) is 0 Å². The lowest BCUT2D eigenvalue weighted by atomic mass is 10.0. The quantitative estimate of drug-likeness (QED) is 0.558. The second-order valence-corrected chi connectivity index (χ2v) is 3.59. The lowest BCUT2D eigenvalue weighted by molar-refractivity contribution is -0.0192. The summed E-state index contributed by atoms with van der Waals surface area (Å²) in [6.07, 6.45) is -0.161. The number of aliphatic hydroxyl groups excluding tert-OH is 2. The Bertz CT molecular complexity index is 117. The average Bonchev–Trinajstić information content (AvgIpc) is 1.85. The Labute approximate surface area is 67.6 Å². The number of β-amino-alcohol motifs (C(OH)–C–C–N with tert-alkyl or cyclic N) is 2. The van der Waals surface area contributed by atoms with Crippen LogP contribution < -0.4 is 0 Å². The van der Waals surface area contributed by atoms with Crippen LogP contribution in [0.3, 0.4) is 0 Å². The zero-order valence-corrected chi connectivity index (χ0v) is 7.20. The number of aliphatic hydroxyl groups is 2. The van der Waals surface area contributed by atoms with E-state index >= 15 is 0 Å². The van der Waals surface area contributed by atoms with Gasteiger partial charge in [-0.1, -0.05) is 0 Å². The molecule has 0 aromatic heterocycles. The van der Waals surface area contributed by atoms with Gasteiger partial charge in [0, 0.05) is 25.6 Å². The Kier molecular flexibility index (Phi) is 2.87. The molecular weight excluding hydrogens is 142 g/mol. The molecule has 1 fully saturated rings. The SMILES string of the molecule is CC(C)N1CC(O)CC(O)C1. The van der Waals surface area contributed by atoms with Crippen molar-refractivity contribution in [3.05, 3.63) is 0 Å². The largest absolute Gasteiger partial charge is 0.392 e. The van der Waals surface area contributed by atoms with Crippen LogP contribution in [0.15, 0.2) is 0 Å². The van der Waals surface area contributed by atoms with Crippen LogP contribution in [0, 0.1) is 0 Å². The molecule has 3 heteroatoms. The van der Waals surface area contributed by atoms with Crippen LogP contribution >= 0.6 is 0 Å². The first kappa shape index (κ1) is 8.97. The van der Waals surface area contributed by atoms with E-state index in [0.717, 1.165) is 0 Å². The van der Waals surface area contributed by atoms with E-state index < -0.39 is 0 Å². The number of hydrogen-bond donors (Lipinski definition) is 2. The average molecular weight is 159 g/mol. The second-order valence-electron chi connectivity index (χ2n) is 3.59. The van der Waals surface area contributed by atoms with Gasteiger partial charge in [-0.05, 0) is 13.8 Å². The first-order chi connectivity index (χ1) is 5.09. The molecule has 0 aliphatic carbocycles. The Hall–Kier alpha value is -0.120. The van der Waals surface area contributed by atoms with Crippen molar-refractivity contribution in [1.29, 1.82) is 0 Å². The molecule has 1 aliphatic rings. The molecule has 0 spiro atoms. The molecule has 2 N–H and O–H groups in total. The highest BCUT2D eigenvalue weighted by Crippen LogP contribution is 2.12. The van der Waals surface area contributed by atoms with E-state index in [0.29, 0.717) is 25.6 Å². The summed E-state index contributed by atoms with van der Waals surface area (Å²) < 4.78 is 0. The van der Waals surface area contributed by atoms with Gasteiger partial charge in [0.15, 0.2) is 0 Å². The fourth-order valence-electron chi connectivity index (χ4n) is 1.50. The summed E-state index contributed by atoms with van der Waals surface area (Å²) in [5.41, 5.74) is 0. The predicted molar refractivity (Wildman–Crippen MR) is 43.3 cm³/mol. The van der Waals surface area contributed by atoms with E-state index in [1.54, 1.807) is 0 Å². The summed E-state index contributed by atoms with van der Waals surface area (Å²) in [5.74, 6) is 0. The van der Waals surface area contributed by atoms with E-state index in [1.165, 1.54) is 0 Å². The van der Waals surface area contributed by atoms with Crippen LogP contribution in [0.1, 0.15) is 20.3 Å². The molecule has 0 aromatic carbocycles. The molecule has 11 heavy (non-hydrogen) atoms. The molecule has 1 saturated heterocycles. The molecule has 0 radical (unpaired) electrons. The van der Waals surface area contributed by atoms with Gasteiger partial charge in [-0.3, -0.25) is 4.90 Å². The van der Waals surface area contributed by atoms with Gasteiger partial charge in [0.05, 0.1) is 12.2 Å². The highest BCUT2D eigenvalue weighted by molar-refractivity contribution is 4.79. The van der Waals surface area contributed by atoms with E-state index in [1.807, 2.05) is 0 Å². The zero-order chi connectivity index (χ0) is 8.43. The van der Waals surface area contributed by atoms with Gasteiger partial charge in [-0.25, -0.2) is 0 Å². The smallest absolute Gasteiger partial charge is 0.0692 e. The highest BCUT2D eigenvalue weighted by Gasteiger charge is 2.25. The molecule has 2 unspecified atom stereocenters. The lowest BCUT2D eigenvalue weighted by Crippen LogP contribution is -2.48. The fraction of sp³-hybridized carbons (Fsp3) is 1.00. The summed E-state index contributed by atoms with van der Waals surface area (Å²) in [4.78, 5) is 2.10. The van der Waals surface area contributed by atoms with Crippen molar-refractivity contribution in [3.8, 4) is 0 Å². The minimum absolute atomic E-state index is 0.346. The van der Waals surface area contributed by atoms with Crippen molar-refractivity contribution < 1.29 is 10.2 Å². The first-order valence-electron chi connectivity index (χ1n) is 4.19. The van der Waals surface area contributed by atoms with Gasteiger partial charge >= 0.3 is 0 Å². The Balaban J connectivity index is 2.43. The molecule has 2 atom stereocenters. The van der Waals surface area contributed by atoms with Gasteiger partial charge in [-0.2, -0.15) is 0 Å². The summed E-state index contributed by atoms with van der Waals surface area (Å²) in [7, 11) is 0. The van der Waals surface area contributed by atoms with Crippen LogP contribution in [0.4, 0.5) is 0 Å².